The van der Waals surface area contributed by atoms with E-state index >= 15 is 0 Å². The Bertz CT molecular complexity index is 1150. The molecule has 1 amide bonds. The maximum atomic E-state index is 13.4. The fraction of sp³-hybridized carbons (Fsp3) is 0.241. The van der Waals surface area contributed by atoms with Crippen LogP contribution in [0.1, 0.15) is 46.2 Å². The zero-order valence-corrected chi connectivity index (χ0v) is 19.9. The van der Waals surface area contributed by atoms with Gasteiger partial charge in [-0.15, -0.1) is 0 Å². The second kappa shape index (κ2) is 11.4. The van der Waals surface area contributed by atoms with Crippen molar-refractivity contribution in [1.29, 1.82) is 0 Å². The largest absolute Gasteiger partial charge is 0.351 e. The summed E-state index contributed by atoms with van der Waals surface area (Å²) in [5.41, 5.74) is 4.51. The molecule has 2 N–H and O–H groups in total. The number of carbonyl (C=O) groups excluding carboxylic acids is 1. The summed E-state index contributed by atoms with van der Waals surface area (Å²) >= 11 is 0. The molecule has 0 aliphatic carbocycles. The van der Waals surface area contributed by atoms with Crippen LogP contribution >= 0.6 is 0 Å². The monoisotopic (exact) mass is 452 g/mol. The Kier molecular flexibility index (Phi) is 7.89. The van der Waals surface area contributed by atoms with E-state index in [1.165, 1.54) is 0 Å². The minimum absolute atomic E-state index is 0.0907. The molecule has 1 heterocycles. The van der Waals surface area contributed by atoms with Crippen LogP contribution in [-0.4, -0.2) is 35.6 Å². The molecule has 3 aromatic carbocycles. The van der Waals surface area contributed by atoms with Crippen molar-refractivity contribution in [2.75, 3.05) is 20.1 Å². The molecular weight excluding hydrogens is 420 g/mol. The van der Waals surface area contributed by atoms with E-state index in [9.17, 15) is 4.79 Å². The van der Waals surface area contributed by atoms with Gasteiger partial charge in [0.2, 0.25) is 0 Å². The van der Waals surface area contributed by atoms with Gasteiger partial charge < -0.3 is 15.2 Å². The number of benzene rings is 3. The average molecular weight is 453 g/mol. The molecule has 5 heteroatoms. The third-order valence-electron chi connectivity index (χ3n) is 6.06. The van der Waals surface area contributed by atoms with E-state index in [4.69, 9.17) is 4.98 Å². The van der Waals surface area contributed by atoms with Crippen LogP contribution in [0.5, 0.6) is 0 Å². The Labute approximate surface area is 201 Å². The fourth-order valence-electron chi connectivity index (χ4n) is 4.33. The molecule has 0 spiro atoms. The maximum absolute atomic E-state index is 13.4. The number of hydrogen-bond donors (Lipinski definition) is 2. The smallest absolute Gasteiger partial charge is 0.270 e. The lowest BCUT2D eigenvalue weighted by atomic mass is 9.90. The normalized spacial score (nSPS) is 11.0. The van der Waals surface area contributed by atoms with Gasteiger partial charge in [0, 0.05) is 19.2 Å². The molecule has 4 rings (SSSR count). The Hall–Kier alpha value is -3.70. The third kappa shape index (κ3) is 5.26. The van der Waals surface area contributed by atoms with Gasteiger partial charge in [-0.1, -0.05) is 91.0 Å². The molecule has 0 atom stereocenters. The second-order valence-corrected chi connectivity index (χ2v) is 8.41. The average Bonchev–Trinajstić information content (AvgIpc) is 3.22. The van der Waals surface area contributed by atoms with Crippen LogP contribution in [0.25, 0.3) is 11.3 Å². The lowest BCUT2D eigenvalue weighted by molar-refractivity contribution is 0.0945. The number of unbranched alkanes of at least 4 members (excludes halogenated alkanes) is 1. The van der Waals surface area contributed by atoms with Gasteiger partial charge in [0.05, 0.1) is 5.92 Å². The molecule has 0 radical (unpaired) electrons. The standard InChI is InChI=1S/C29H32N4O/c1-30-20-12-13-21-31-29(34)27-26(24-18-10-5-11-19-24)32-28(33(27)2)25(22-14-6-3-7-15-22)23-16-8-4-9-17-23/h3-11,14-19,25,30H,12-13,20-21H2,1-2H3,(H,31,34). The Morgan fingerprint density at radius 2 is 1.35 bits per heavy atom. The lowest BCUT2D eigenvalue weighted by Crippen LogP contribution is -2.28. The summed E-state index contributed by atoms with van der Waals surface area (Å²) in [5.74, 6) is 0.660. The van der Waals surface area contributed by atoms with E-state index in [0.717, 1.165) is 41.9 Å². The van der Waals surface area contributed by atoms with Crippen LogP contribution in [0, 0.1) is 0 Å². The van der Waals surface area contributed by atoms with Crippen molar-refractivity contribution in [2.45, 2.75) is 18.8 Å². The number of imidazole rings is 1. The van der Waals surface area contributed by atoms with Crippen LogP contribution in [0.4, 0.5) is 0 Å². The first-order valence-electron chi connectivity index (χ1n) is 11.9. The van der Waals surface area contributed by atoms with Crippen LogP contribution in [0.3, 0.4) is 0 Å². The zero-order valence-electron chi connectivity index (χ0n) is 19.9. The SMILES string of the molecule is CNCCCCNC(=O)c1c(-c2ccccc2)nc(C(c2ccccc2)c2ccccc2)n1C. The topological polar surface area (TPSA) is 58.9 Å². The van der Waals surface area contributed by atoms with E-state index in [-0.39, 0.29) is 11.8 Å². The van der Waals surface area contributed by atoms with Crippen molar-refractivity contribution in [3.63, 3.8) is 0 Å². The summed E-state index contributed by atoms with van der Waals surface area (Å²) in [4.78, 5) is 18.5. The molecule has 0 saturated heterocycles. The van der Waals surface area contributed by atoms with E-state index in [1.807, 2.05) is 85.4 Å². The third-order valence-corrected chi connectivity index (χ3v) is 6.06. The van der Waals surface area contributed by atoms with E-state index in [2.05, 4.69) is 34.9 Å². The first-order chi connectivity index (χ1) is 16.7. The molecule has 0 unspecified atom stereocenters. The van der Waals surface area contributed by atoms with Gasteiger partial charge in [0.15, 0.2) is 0 Å². The second-order valence-electron chi connectivity index (χ2n) is 8.41. The van der Waals surface area contributed by atoms with Gasteiger partial charge in [0.25, 0.3) is 5.91 Å². The van der Waals surface area contributed by atoms with Crippen LogP contribution in [-0.2, 0) is 7.05 Å². The predicted octanol–water partition coefficient (Wildman–Crippen LogP) is 5.00. The van der Waals surface area contributed by atoms with Crippen molar-refractivity contribution in [2.24, 2.45) is 7.05 Å². The molecule has 0 bridgehead atoms. The number of carbonyl (C=O) groups is 1. The van der Waals surface area contributed by atoms with E-state index in [0.29, 0.717) is 17.9 Å². The van der Waals surface area contributed by atoms with Crippen LogP contribution in [0.15, 0.2) is 91.0 Å². The summed E-state index contributed by atoms with van der Waals surface area (Å²) in [6.45, 7) is 1.58. The highest BCUT2D eigenvalue weighted by Gasteiger charge is 2.28. The highest BCUT2D eigenvalue weighted by molar-refractivity contribution is 5.98. The van der Waals surface area contributed by atoms with Gasteiger partial charge in [-0.3, -0.25) is 4.79 Å². The molecule has 34 heavy (non-hydrogen) atoms. The van der Waals surface area contributed by atoms with Crippen molar-refractivity contribution in [1.82, 2.24) is 20.2 Å². The molecule has 0 aliphatic rings. The molecule has 0 fully saturated rings. The Morgan fingerprint density at radius 3 is 1.91 bits per heavy atom. The van der Waals surface area contributed by atoms with Crippen LogP contribution in [0.2, 0.25) is 0 Å². The molecule has 1 aromatic heterocycles. The molecule has 174 valence electrons. The zero-order chi connectivity index (χ0) is 23.8. The molecule has 5 nitrogen and oxygen atoms in total. The highest BCUT2D eigenvalue weighted by Crippen LogP contribution is 2.34. The van der Waals surface area contributed by atoms with Gasteiger partial charge in [-0.2, -0.15) is 0 Å². The predicted molar refractivity (Wildman–Crippen MR) is 138 cm³/mol. The van der Waals surface area contributed by atoms with Crippen LogP contribution < -0.4 is 10.6 Å². The van der Waals surface area contributed by atoms with E-state index < -0.39 is 0 Å². The minimum atomic E-state index is -0.0931. The summed E-state index contributed by atoms with van der Waals surface area (Å²) in [6.07, 6.45) is 1.94. The Balaban J connectivity index is 1.79. The number of amides is 1. The lowest BCUT2D eigenvalue weighted by Gasteiger charge is -2.18. The molecular formula is C29H32N4O. The molecule has 0 aliphatic heterocycles. The molecule has 0 saturated carbocycles. The van der Waals surface area contributed by atoms with Gasteiger partial charge in [-0.05, 0) is 37.6 Å². The summed E-state index contributed by atoms with van der Waals surface area (Å²) in [6, 6.07) is 30.7. The first kappa shape index (κ1) is 23.5. The summed E-state index contributed by atoms with van der Waals surface area (Å²) in [7, 11) is 3.89. The van der Waals surface area contributed by atoms with E-state index in [1.54, 1.807) is 0 Å². The quantitative estimate of drug-likeness (QED) is 0.333. The van der Waals surface area contributed by atoms with Gasteiger partial charge in [0.1, 0.15) is 17.2 Å². The number of rotatable bonds is 10. The van der Waals surface area contributed by atoms with Crippen molar-refractivity contribution < 1.29 is 4.79 Å². The highest BCUT2D eigenvalue weighted by atomic mass is 16.2. The van der Waals surface area contributed by atoms with Crippen molar-refractivity contribution in [3.8, 4) is 11.3 Å². The number of nitrogens with zero attached hydrogens (tertiary/aromatic N) is 2. The summed E-state index contributed by atoms with van der Waals surface area (Å²) in [5, 5.41) is 6.26. The Morgan fingerprint density at radius 1 is 0.824 bits per heavy atom. The van der Waals surface area contributed by atoms with Gasteiger partial charge in [-0.25, -0.2) is 4.98 Å². The minimum Gasteiger partial charge on any atom is -0.351 e. The van der Waals surface area contributed by atoms with Crippen molar-refractivity contribution in [3.05, 3.63) is 114 Å². The molecule has 4 aromatic rings. The number of hydrogen-bond acceptors (Lipinski definition) is 3. The van der Waals surface area contributed by atoms with Gasteiger partial charge >= 0.3 is 0 Å². The number of aromatic nitrogens is 2. The summed E-state index contributed by atoms with van der Waals surface area (Å²) < 4.78 is 1.97. The van der Waals surface area contributed by atoms with Crippen molar-refractivity contribution >= 4 is 5.91 Å². The fourth-order valence-corrected chi connectivity index (χ4v) is 4.33. The maximum Gasteiger partial charge on any atom is 0.270 e. The first-order valence-corrected chi connectivity index (χ1v) is 11.9. The number of nitrogens with one attached hydrogen (secondary N) is 2.